The molecule has 8 aromatic carbocycles. The second-order valence-corrected chi connectivity index (χ2v) is 24.2. The van der Waals surface area contributed by atoms with Gasteiger partial charge in [0.2, 0.25) is 0 Å². The number of para-hydroxylation sites is 1. The van der Waals surface area contributed by atoms with E-state index >= 15 is 0 Å². The van der Waals surface area contributed by atoms with Crippen molar-refractivity contribution >= 4 is 95.4 Å². The molecule has 4 heterocycles. The highest BCUT2D eigenvalue weighted by Crippen LogP contribution is 2.32. The molecule has 468 valence electrons. The van der Waals surface area contributed by atoms with E-state index in [-0.39, 0.29) is 22.1 Å². The number of carbonyl (C=O) groups is 6. The maximum absolute atomic E-state index is 12.2. The van der Waals surface area contributed by atoms with Crippen LogP contribution in [-0.4, -0.2) is 80.5 Å². The van der Waals surface area contributed by atoms with Gasteiger partial charge in [-0.25, -0.2) is 14.4 Å². The van der Waals surface area contributed by atoms with Crippen molar-refractivity contribution in [3.63, 3.8) is 0 Å². The molecule has 0 bridgehead atoms. The first-order chi connectivity index (χ1) is 44.7. The Morgan fingerprint density at radius 2 is 1.04 bits per heavy atom. The van der Waals surface area contributed by atoms with Gasteiger partial charge in [0.1, 0.15) is 42.8 Å². The van der Waals surface area contributed by atoms with Gasteiger partial charge in [-0.05, 0) is 150 Å². The number of fused-ring (bicyclic) bond motifs is 3. The van der Waals surface area contributed by atoms with E-state index in [1.807, 2.05) is 155 Å². The minimum Gasteiger partial charge on any atom is -0.490 e. The summed E-state index contributed by atoms with van der Waals surface area (Å²) in [5.74, 6) is -5.19. The smallest absolute Gasteiger partial charge is 0.377 e. The van der Waals surface area contributed by atoms with Crippen LogP contribution >= 0.6 is 27.5 Å². The number of ether oxygens (including phenoxy) is 3. The lowest BCUT2D eigenvalue weighted by Crippen LogP contribution is -2.12. The SMILES string of the molecule is C=CCOc1ccc2c(c1)c(C(=O)C(=O)O)cn2CCc1ccc(Br)cc1.Cc1ccc2c(c1)c(C(=O)C(=O)O)cn2-c1ccc(OCc2ccc(C(C)(C)C)cc2)cc1.O=C(O)C(=O)c1cn(-c2ccc(OCc3ccc(-c4csnn4)cc3)cc2)c2ccccc12. The zero-order chi connectivity index (χ0) is 65.9. The summed E-state index contributed by atoms with van der Waals surface area (Å²) < 4.78 is 27.8. The summed E-state index contributed by atoms with van der Waals surface area (Å²) in [6.45, 7) is 13.9. The molecular formula is C74H62BrN5O12S. The number of Topliss-reactive ketones (excluding diaryl/α,β-unsaturated/α-hetero) is 3. The van der Waals surface area contributed by atoms with Crippen molar-refractivity contribution in [2.24, 2.45) is 0 Å². The van der Waals surface area contributed by atoms with Gasteiger partial charge in [0.25, 0.3) is 17.3 Å². The second-order valence-electron chi connectivity index (χ2n) is 22.7. The molecule has 0 radical (unpaired) electrons. The molecule has 0 aliphatic heterocycles. The average Bonchev–Trinajstić information content (AvgIpc) is 1.65. The molecule has 0 aliphatic carbocycles. The minimum absolute atomic E-state index is 0.117. The maximum Gasteiger partial charge on any atom is 0.377 e. The summed E-state index contributed by atoms with van der Waals surface area (Å²) >= 11 is 4.73. The number of nitrogens with zero attached hydrogens (tertiary/aromatic N) is 5. The zero-order valence-corrected chi connectivity index (χ0v) is 53.4. The predicted octanol–water partition coefficient (Wildman–Crippen LogP) is 15.6. The van der Waals surface area contributed by atoms with Gasteiger partial charge in [-0.2, -0.15) is 0 Å². The molecular weight excluding hydrogens is 1260 g/mol. The topological polar surface area (TPSA) is 231 Å². The monoisotopic (exact) mass is 1320 g/mol. The summed E-state index contributed by atoms with van der Waals surface area (Å²) in [6.07, 6.45) is 7.14. The van der Waals surface area contributed by atoms with Crippen LogP contribution in [0.1, 0.15) is 79.7 Å². The van der Waals surface area contributed by atoms with Gasteiger partial charge in [0.05, 0.1) is 27.7 Å². The first-order valence-corrected chi connectivity index (χ1v) is 30.9. The van der Waals surface area contributed by atoms with E-state index in [2.05, 4.69) is 77.1 Å². The third-order valence-corrected chi connectivity index (χ3v) is 16.3. The Hall–Kier alpha value is -11.0. The standard InChI is InChI=1S/C28H27NO4.C25H17N3O4S.C21H18BrNO4/c1-18-5-14-25-23(15-18)24(26(30)27(31)32)16-29(25)21-10-12-22(13-11-21)33-17-19-6-8-20(9-7-19)28(2,3)4;29-24(25(30)31)21-13-28(23-4-2-1-3-20(21)23)18-9-11-19(12-10-18)32-14-16-5-7-17(8-6-16)22-15-33-27-26-22;1-2-11-27-16-7-8-19-17(12-16)18(20(24)21(25)26)13-23(19)10-9-14-3-5-15(22)6-4-14/h5-16H,17H2,1-4H3,(H,31,32);1-13,15H,14H2,(H,30,31);2-8,12-13H,1,9-11H2,(H,25,26). The first-order valence-electron chi connectivity index (χ1n) is 29.3. The highest BCUT2D eigenvalue weighted by atomic mass is 79.9. The van der Waals surface area contributed by atoms with Crippen LogP contribution in [0.5, 0.6) is 17.2 Å². The van der Waals surface area contributed by atoms with Gasteiger partial charge < -0.3 is 43.2 Å². The number of hydrogen-bond donors (Lipinski definition) is 3. The van der Waals surface area contributed by atoms with Crippen LogP contribution in [0.3, 0.4) is 0 Å². The Balaban J connectivity index is 0.000000154. The Labute approximate surface area is 547 Å². The predicted molar refractivity (Wildman–Crippen MR) is 362 cm³/mol. The lowest BCUT2D eigenvalue weighted by molar-refractivity contribution is -0.132. The van der Waals surface area contributed by atoms with Crippen molar-refractivity contribution < 1.29 is 58.3 Å². The summed E-state index contributed by atoms with van der Waals surface area (Å²) in [7, 11) is 0. The van der Waals surface area contributed by atoms with E-state index in [9.17, 15) is 33.9 Å². The van der Waals surface area contributed by atoms with E-state index in [1.165, 1.54) is 17.1 Å². The van der Waals surface area contributed by atoms with E-state index < -0.39 is 35.3 Å². The largest absolute Gasteiger partial charge is 0.490 e. The molecule has 0 fully saturated rings. The first kappa shape index (κ1) is 64.9. The molecule has 17 nitrogen and oxygen atoms in total. The van der Waals surface area contributed by atoms with Crippen molar-refractivity contribution in [2.75, 3.05) is 6.61 Å². The third-order valence-electron chi connectivity index (χ3n) is 15.2. The molecule has 0 aliphatic rings. The van der Waals surface area contributed by atoms with Crippen molar-refractivity contribution in [3.8, 4) is 39.9 Å². The summed E-state index contributed by atoms with van der Waals surface area (Å²) in [6, 6.07) is 57.6. The van der Waals surface area contributed by atoms with E-state index in [4.69, 9.17) is 24.4 Å². The molecule has 0 saturated carbocycles. The number of benzene rings is 8. The van der Waals surface area contributed by atoms with Crippen LogP contribution < -0.4 is 14.2 Å². The molecule has 12 rings (SSSR count). The zero-order valence-electron chi connectivity index (χ0n) is 51.0. The number of halogens is 1. The Bertz CT molecular complexity index is 4720. The normalized spacial score (nSPS) is 11.1. The second kappa shape index (κ2) is 28.9. The van der Waals surface area contributed by atoms with Gasteiger partial charge in [0.15, 0.2) is 0 Å². The van der Waals surface area contributed by atoms with E-state index in [1.54, 1.807) is 53.5 Å². The quantitative estimate of drug-likeness (QED) is 0.0345. The van der Waals surface area contributed by atoms with Crippen molar-refractivity contribution in [1.82, 2.24) is 23.3 Å². The van der Waals surface area contributed by atoms with Crippen LogP contribution in [0.25, 0.3) is 55.3 Å². The fraction of sp³-hybridized carbons (Fsp3) is 0.135. The molecule has 0 atom stereocenters. The van der Waals surface area contributed by atoms with Crippen LogP contribution in [0.15, 0.2) is 223 Å². The van der Waals surface area contributed by atoms with Crippen molar-refractivity contribution in [3.05, 3.63) is 268 Å². The van der Waals surface area contributed by atoms with Crippen LogP contribution in [0, 0.1) is 6.92 Å². The fourth-order valence-electron chi connectivity index (χ4n) is 10.3. The number of carboxylic acid groups (broad SMARTS) is 3. The molecule has 0 spiro atoms. The third kappa shape index (κ3) is 15.6. The van der Waals surface area contributed by atoms with Crippen molar-refractivity contribution in [2.45, 2.75) is 59.3 Å². The minimum atomic E-state index is -1.47. The summed E-state index contributed by atoms with van der Waals surface area (Å²) in [4.78, 5) is 70.2. The van der Waals surface area contributed by atoms with Gasteiger partial charge in [0, 0.05) is 73.6 Å². The maximum atomic E-state index is 12.2. The lowest BCUT2D eigenvalue weighted by atomic mass is 9.87. The highest BCUT2D eigenvalue weighted by molar-refractivity contribution is 9.10. The number of carbonyl (C=O) groups excluding carboxylic acids is 3. The molecule has 3 N–H and O–H groups in total. The van der Waals surface area contributed by atoms with E-state index in [0.29, 0.717) is 54.0 Å². The lowest BCUT2D eigenvalue weighted by Gasteiger charge is -2.19. The summed E-state index contributed by atoms with van der Waals surface area (Å²) in [5.41, 5.74) is 11.9. The number of ketones is 3. The van der Waals surface area contributed by atoms with Crippen LogP contribution in [0.2, 0.25) is 0 Å². The average molecular weight is 1330 g/mol. The molecule has 4 aromatic heterocycles. The number of rotatable bonds is 21. The van der Waals surface area contributed by atoms with Gasteiger partial charge in [-0.15, -0.1) is 5.10 Å². The summed E-state index contributed by atoms with van der Waals surface area (Å²) in [5, 5.41) is 35.3. The molecule has 93 heavy (non-hydrogen) atoms. The fourth-order valence-corrected chi connectivity index (χ4v) is 11.1. The van der Waals surface area contributed by atoms with Gasteiger partial charge in [-0.1, -0.05) is 144 Å². The molecule has 0 saturated heterocycles. The van der Waals surface area contributed by atoms with Crippen LogP contribution in [-0.2, 0) is 46.0 Å². The molecule has 0 unspecified atom stereocenters. The molecule has 19 heteroatoms. The Morgan fingerprint density at radius 1 is 0.548 bits per heavy atom. The van der Waals surface area contributed by atoms with Crippen LogP contribution in [0.4, 0.5) is 0 Å². The number of hydrogen-bond acceptors (Lipinski definition) is 12. The number of carboxylic acids is 3. The highest BCUT2D eigenvalue weighted by Gasteiger charge is 2.25. The van der Waals surface area contributed by atoms with Gasteiger partial charge >= 0.3 is 17.9 Å². The van der Waals surface area contributed by atoms with Gasteiger partial charge in [-0.3, -0.25) is 14.4 Å². The Kier molecular flexibility index (Phi) is 20.2. The van der Waals surface area contributed by atoms with Crippen molar-refractivity contribution in [1.29, 1.82) is 0 Å². The Morgan fingerprint density at radius 3 is 1.58 bits per heavy atom. The molecule has 12 aromatic rings. The number of aliphatic carboxylic acids is 3. The molecule has 0 amide bonds. The number of aromatic nitrogens is 5. The number of aryl methyl sites for hydroxylation is 3. The van der Waals surface area contributed by atoms with E-state index in [0.717, 1.165) is 78.1 Å².